The van der Waals surface area contributed by atoms with Crippen LogP contribution in [0, 0.1) is 11.3 Å². The monoisotopic (exact) mass is 535 g/mol. The van der Waals surface area contributed by atoms with Gasteiger partial charge in [-0.15, -0.1) is 0 Å². The number of carbonyl (C=O) groups excluding carboxylic acids is 4. The van der Waals surface area contributed by atoms with Crippen LogP contribution in [0.3, 0.4) is 0 Å². The molecular weight excluding hydrogens is 508 g/mol. The van der Waals surface area contributed by atoms with Gasteiger partial charge >= 0.3 is 0 Å². The molecule has 37 heavy (non-hydrogen) atoms. The highest BCUT2D eigenvalue weighted by molar-refractivity contribution is 6.35. The van der Waals surface area contributed by atoms with E-state index in [1.54, 1.807) is 24.3 Å². The first kappa shape index (κ1) is 25.4. The number of amides is 4. The van der Waals surface area contributed by atoms with Crippen LogP contribution in [0.25, 0.3) is 10.9 Å². The number of fused-ring (bicyclic) bond motifs is 1. The number of alkyl halides is 2. The minimum absolute atomic E-state index is 0.0190. The average Bonchev–Trinajstić information content (AvgIpc) is 3.42. The van der Waals surface area contributed by atoms with E-state index in [4.69, 9.17) is 17.3 Å². The molecule has 2 saturated heterocycles. The van der Waals surface area contributed by atoms with Crippen molar-refractivity contribution in [2.75, 3.05) is 13.1 Å². The maximum absolute atomic E-state index is 13.9. The van der Waals surface area contributed by atoms with Gasteiger partial charge in [0.05, 0.1) is 10.5 Å². The quantitative estimate of drug-likeness (QED) is 0.451. The van der Waals surface area contributed by atoms with Crippen molar-refractivity contribution in [1.82, 2.24) is 20.5 Å². The number of aromatic nitrogens is 1. The van der Waals surface area contributed by atoms with Crippen molar-refractivity contribution in [3.63, 3.8) is 0 Å². The minimum Gasteiger partial charge on any atom is -0.368 e. The first-order valence-electron chi connectivity index (χ1n) is 12.3. The second kappa shape index (κ2) is 9.27. The molecule has 0 bridgehead atoms. The van der Waals surface area contributed by atoms with Gasteiger partial charge in [-0.3, -0.25) is 19.2 Å². The van der Waals surface area contributed by atoms with Gasteiger partial charge in [-0.25, -0.2) is 8.78 Å². The maximum atomic E-state index is 13.9. The summed E-state index contributed by atoms with van der Waals surface area (Å²) in [7, 11) is 0. The van der Waals surface area contributed by atoms with Crippen molar-refractivity contribution in [2.24, 2.45) is 17.1 Å². The van der Waals surface area contributed by atoms with E-state index in [1.165, 1.54) is 4.90 Å². The molecule has 0 unspecified atom stereocenters. The van der Waals surface area contributed by atoms with Gasteiger partial charge in [0.15, 0.2) is 0 Å². The van der Waals surface area contributed by atoms with Crippen LogP contribution >= 0.6 is 11.6 Å². The van der Waals surface area contributed by atoms with Crippen LogP contribution < -0.4 is 16.4 Å². The molecule has 1 saturated carbocycles. The molecular formula is C25H28ClF2N5O4. The number of nitrogens with two attached hydrogens (primary N) is 1. The number of rotatable bonds is 6. The molecule has 2 aliphatic heterocycles. The molecule has 2 aromatic rings. The molecule has 5 N–H and O–H groups in total. The first-order valence-corrected chi connectivity index (χ1v) is 12.7. The second-order valence-corrected chi connectivity index (χ2v) is 11.0. The summed E-state index contributed by atoms with van der Waals surface area (Å²) >= 11 is 6.22. The Balaban J connectivity index is 1.38. The molecule has 3 heterocycles. The summed E-state index contributed by atoms with van der Waals surface area (Å²) in [6.45, 7) is 0.530. The molecule has 3 fully saturated rings. The van der Waals surface area contributed by atoms with E-state index in [0.29, 0.717) is 28.9 Å². The van der Waals surface area contributed by atoms with Gasteiger partial charge in [0.2, 0.25) is 23.6 Å². The Bertz CT molecular complexity index is 1270. The standard InChI is InChI=1S/C25H28ClF2N5O4/c26-15-5-1-3-13-7-17(31-19(13)15)23(37)33-12-24(10-25(27,28)11-24)9-18(33)22(36)32-16(20(29)34)8-14-4-2-6-30-21(14)35/h1,3,5,7,14,16,18,31H,2,4,6,8-12H2,(H2,29,34)(H,30,35)(H,32,36)/t14-,16-,18-/m0/s1. The van der Waals surface area contributed by atoms with Crippen LogP contribution in [0.4, 0.5) is 8.78 Å². The summed E-state index contributed by atoms with van der Waals surface area (Å²) < 4.78 is 27.8. The Morgan fingerprint density at radius 3 is 2.68 bits per heavy atom. The van der Waals surface area contributed by atoms with E-state index in [9.17, 15) is 28.0 Å². The van der Waals surface area contributed by atoms with E-state index in [0.717, 1.165) is 6.42 Å². The number of nitrogens with zero attached hydrogens (tertiary/aromatic N) is 1. The molecule has 9 nitrogen and oxygen atoms in total. The number of hydrogen-bond donors (Lipinski definition) is 4. The zero-order chi connectivity index (χ0) is 26.5. The third kappa shape index (κ3) is 4.88. The van der Waals surface area contributed by atoms with E-state index in [1.807, 2.05) is 0 Å². The highest BCUT2D eigenvalue weighted by Gasteiger charge is 2.62. The molecule has 4 amide bonds. The zero-order valence-electron chi connectivity index (χ0n) is 20.0. The van der Waals surface area contributed by atoms with Crippen molar-refractivity contribution >= 4 is 46.1 Å². The van der Waals surface area contributed by atoms with Crippen LogP contribution in [0.2, 0.25) is 5.02 Å². The number of piperidine rings is 1. The number of hydrogen-bond acceptors (Lipinski definition) is 4. The summed E-state index contributed by atoms with van der Waals surface area (Å²) in [5.41, 5.74) is 5.37. The number of benzene rings is 1. The van der Waals surface area contributed by atoms with Gasteiger partial charge in [0.1, 0.15) is 17.8 Å². The van der Waals surface area contributed by atoms with Crippen LogP contribution in [-0.4, -0.2) is 64.6 Å². The highest BCUT2D eigenvalue weighted by Crippen LogP contribution is 2.58. The van der Waals surface area contributed by atoms with Gasteiger partial charge in [-0.2, -0.15) is 0 Å². The molecule has 12 heteroatoms. The molecule has 1 aromatic carbocycles. The van der Waals surface area contributed by atoms with Crippen molar-refractivity contribution in [3.8, 4) is 0 Å². The molecule has 1 spiro atoms. The number of H-pyrrole nitrogens is 1. The third-order valence-electron chi connectivity index (χ3n) is 7.75. The van der Waals surface area contributed by atoms with Crippen molar-refractivity contribution in [1.29, 1.82) is 0 Å². The van der Waals surface area contributed by atoms with Gasteiger partial charge < -0.3 is 26.3 Å². The number of likely N-dealkylation sites (tertiary alicyclic amines) is 1. The summed E-state index contributed by atoms with van der Waals surface area (Å²) in [4.78, 5) is 55.6. The number of para-hydroxylation sites is 1. The summed E-state index contributed by atoms with van der Waals surface area (Å²) in [5.74, 6) is -5.54. The van der Waals surface area contributed by atoms with E-state index >= 15 is 0 Å². The predicted octanol–water partition coefficient (Wildman–Crippen LogP) is 2.34. The number of nitrogens with one attached hydrogen (secondary N) is 3. The van der Waals surface area contributed by atoms with Crippen molar-refractivity contribution < 1.29 is 28.0 Å². The Morgan fingerprint density at radius 1 is 1.27 bits per heavy atom. The normalized spacial score (nSPS) is 24.9. The minimum atomic E-state index is -2.85. The second-order valence-electron chi connectivity index (χ2n) is 10.6. The lowest BCUT2D eigenvalue weighted by Crippen LogP contribution is -2.53. The lowest BCUT2D eigenvalue weighted by atomic mass is 9.65. The zero-order valence-corrected chi connectivity index (χ0v) is 20.7. The third-order valence-corrected chi connectivity index (χ3v) is 8.07. The molecule has 198 valence electrons. The summed E-state index contributed by atoms with van der Waals surface area (Å²) in [6.07, 6.45) is 0.516. The number of primary amides is 1. The van der Waals surface area contributed by atoms with Crippen LogP contribution in [0.15, 0.2) is 24.3 Å². The van der Waals surface area contributed by atoms with Crippen molar-refractivity contribution in [2.45, 2.75) is 56.5 Å². The molecule has 5 rings (SSSR count). The predicted molar refractivity (Wildman–Crippen MR) is 131 cm³/mol. The fourth-order valence-electron chi connectivity index (χ4n) is 6.05. The van der Waals surface area contributed by atoms with E-state index < -0.39 is 59.9 Å². The van der Waals surface area contributed by atoms with Gasteiger partial charge in [-0.1, -0.05) is 23.7 Å². The Morgan fingerprint density at radius 2 is 2.03 bits per heavy atom. The Hall–Kier alpha value is -3.21. The SMILES string of the molecule is NC(=O)[C@H](C[C@@H]1CCCNC1=O)NC(=O)[C@@H]1CC2(CN1C(=O)c1cc3cccc(Cl)c3[nH]1)CC(F)(F)C2. The lowest BCUT2D eigenvalue weighted by molar-refractivity contribution is -0.155. The highest BCUT2D eigenvalue weighted by atomic mass is 35.5. The topological polar surface area (TPSA) is 137 Å². The van der Waals surface area contributed by atoms with E-state index in [-0.39, 0.29) is 31.0 Å². The van der Waals surface area contributed by atoms with Crippen LogP contribution in [0.1, 0.15) is 49.0 Å². The van der Waals surface area contributed by atoms with Gasteiger partial charge in [-0.05, 0) is 37.8 Å². The lowest BCUT2D eigenvalue weighted by Gasteiger charge is -2.44. The fourth-order valence-corrected chi connectivity index (χ4v) is 6.28. The molecule has 3 atom stereocenters. The maximum Gasteiger partial charge on any atom is 0.271 e. The Kier molecular flexibility index (Phi) is 6.37. The molecule has 3 aliphatic rings. The first-order chi connectivity index (χ1) is 17.5. The van der Waals surface area contributed by atoms with E-state index in [2.05, 4.69) is 15.6 Å². The molecule has 1 aromatic heterocycles. The number of carbonyl (C=O) groups is 4. The molecule has 1 aliphatic carbocycles. The van der Waals surface area contributed by atoms with Gasteiger partial charge in [0.25, 0.3) is 5.91 Å². The smallest absolute Gasteiger partial charge is 0.271 e. The molecule has 0 radical (unpaired) electrons. The van der Waals surface area contributed by atoms with Crippen molar-refractivity contribution in [3.05, 3.63) is 35.0 Å². The number of aromatic amines is 1. The fraction of sp³-hybridized carbons (Fsp3) is 0.520. The summed E-state index contributed by atoms with van der Waals surface area (Å²) in [5, 5.41) is 6.44. The van der Waals surface area contributed by atoms with Gasteiger partial charge in [0, 0.05) is 42.7 Å². The Labute approximate surface area is 216 Å². The summed E-state index contributed by atoms with van der Waals surface area (Å²) in [6, 6.07) is 4.57. The van der Waals surface area contributed by atoms with Crippen LogP contribution in [0.5, 0.6) is 0 Å². The average molecular weight is 536 g/mol. The van der Waals surface area contributed by atoms with Crippen LogP contribution in [-0.2, 0) is 14.4 Å². The number of halogens is 3. The largest absolute Gasteiger partial charge is 0.368 e.